The molecular formula is C17H26N2O3S. The Morgan fingerprint density at radius 1 is 1.22 bits per heavy atom. The van der Waals surface area contributed by atoms with Crippen LogP contribution in [0, 0.1) is 5.92 Å². The number of hydrogen-bond donors (Lipinski definition) is 2. The van der Waals surface area contributed by atoms with Crippen molar-refractivity contribution in [3.8, 4) is 0 Å². The van der Waals surface area contributed by atoms with Gasteiger partial charge in [0.05, 0.1) is 10.5 Å². The van der Waals surface area contributed by atoms with Gasteiger partial charge in [0, 0.05) is 25.6 Å². The summed E-state index contributed by atoms with van der Waals surface area (Å²) in [4.78, 5) is 2.59. The Labute approximate surface area is 138 Å². The first kappa shape index (κ1) is 16.9. The second-order valence-corrected chi connectivity index (χ2v) is 8.60. The van der Waals surface area contributed by atoms with Crippen LogP contribution >= 0.6 is 0 Å². The molecule has 2 fully saturated rings. The average molecular weight is 338 g/mol. The standard InChI is InChI=1S/C17H26N2O3S/c18-23(21,22)16-6-4-14(5-7-16)8-11-19-12-10-17(20)9-2-1-3-15(17)13-19/h4-7,15,20H,1-3,8-13H2,(H2,18,21,22). The van der Waals surface area contributed by atoms with Crippen LogP contribution in [0.3, 0.4) is 0 Å². The van der Waals surface area contributed by atoms with E-state index >= 15 is 0 Å². The van der Waals surface area contributed by atoms with Gasteiger partial charge in [-0.25, -0.2) is 13.6 Å². The monoisotopic (exact) mass is 338 g/mol. The zero-order valence-electron chi connectivity index (χ0n) is 13.4. The molecule has 1 aliphatic heterocycles. The molecule has 1 aromatic carbocycles. The van der Waals surface area contributed by atoms with Crippen LogP contribution in [0.4, 0.5) is 0 Å². The molecule has 0 radical (unpaired) electrons. The largest absolute Gasteiger partial charge is 0.390 e. The van der Waals surface area contributed by atoms with Crippen LogP contribution in [0.1, 0.15) is 37.7 Å². The second kappa shape index (κ2) is 6.51. The van der Waals surface area contributed by atoms with E-state index in [1.54, 1.807) is 12.1 Å². The molecule has 1 saturated heterocycles. The lowest BCUT2D eigenvalue weighted by Gasteiger charge is -2.47. The highest BCUT2D eigenvalue weighted by molar-refractivity contribution is 7.89. The summed E-state index contributed by atoms with van der Waals surface area (Å²) in [5.41, 5.74) is 0.688. The van der Waals surface area contributed by atoms with Gasteiger partial charge in [-0.2, -0.15) is 0 Å². The Hall–Kier alpha value is -0.950. The number of piperidine rings is 1. The fourth-order valence-corrected chi connectivity index (χ4v) is 4.49. The van der Waals surface area contributed by atoms with Crippen LogP contribution in [0.15, 0.2) is 29.2 Å². The summed E-state index contributed by atoms with van der Waals surface area (Å²) in [6.45, 7) is 2.87. The van der Waals surface area contributed by atoms with E-state index in [0.717, 1.165) is 57.3 Å². The fourth-order valence-electron chi connectivity index (χ4n) is 3.98. The third-order valence-electron chi connectivity index (χ3n) is 5.48. The second-order valence-electron chi connectivity index (χ2n) is 7.04. The first-order valence-corrected chi connectivity index (χ1v) is 9.98. The quantitative estimate of drug-likeness (QED) is 0.871. The van der Waals surface area contributed by atoms with Crippen molar-refractivity contribution in [1.82, 2.24) is 4.90 Å². The van der Waals surface area contributed by atoms with Crippen molar-refractivity contribution in [2.24, 2.45) is 11.1 Å². The SMILES string of the molecule is NS(=O)(=O)c1ccc(CCN2CCC3(O)CCCCC3C2)cc1. The highest BCUT2D eigenvalue weighted by atomic mass is 32.2. The summed E-state index contributed by atoms with van der Waals surface area (Å²) >= 11 is 0. The van der Waals surface area contributed by atoms with Crippen LogP contribution in [0.25, 0.3) is 0 Å². The van der Waals surface area contributed by atoms with Crippen LogP contribution in [-0.2, 0) is 16.4 Å². The molecular weight excluding hydrogens is 312 g/mol. The van der Waals surface area contributed by atoms with E-state index in [9.17, 15) is 13.5 Å². The maximum Gasteiger partial charge on any atom is 0.238 e. The summed E-state index contributed by atoms with van der Waals surface area (Å²) in [5, 5.41) is 15.8. The number of likely N-dealkylation sites (tertiary alicyclic amines) is 1. The molecule has 0 bridgehead atoms. The number of nitrogens with two attached hydrogens (primary N) is 1. The van der Waals surface area contributed by atoms with Gasteiger partial charge in [0.2, 0.25) is 10.0 Å². The van der Waals surface area contributed by atoms with E-state index in [2.05, 4.69) is 4.90 Å². The number of rotatable bonds is 4. The van der Waals surface area contributed by atoms with E-state index in [1.807, 2.05) is 12.1 Å². The van der Waals surface area contributed by atoms with E-state index in [4.69, 9.17) is 5.14 Å². The number of sulfonamides is 1. The maximum atomic E-state index is 11.3. The van der Waals surface area contributed by atoms with Crippen molar-refractivity contribution < 1.29 is 13.5 Å². The predicted molar refractivity (Wildman–Crippen MR) is 89.5 cm³/mol. The first-order valence-electron chi connectivity index (χ1n) is 8.43. The molecule has 2 unspecified atom stereocenters. The van der Waals surface area contributed by atoms with Gasteiger partial charge >= 0.3 is 0 Å². The van der Waals surface area contributed by atoms with Crippen molar-refractivity contribution in [2.45, 2.75) is 49.0 Å². The number of hydrogen-bond acceptors (Lipinski definition) is 4. The Morgan fingerprint density at radius 3 is 2.65 bits per heavy atom. The molecule has 3 N–H and O–H groups in total. The minimum Gasteiger partial charge on any atom is -0.390 e. The Kier molecular flexibility index (Phi) is 4.78. The van der Waals surface area contributed by atoms with Crippen LogP contribution < -0.4 is 5.14 Å². The Balaban J connectivity index is 1.55. The molecule has 0 spiro atoms. The molecule has 1 heterocycles. The predicted octanol–water partition coefficient (Wildman–Crippen LogP) is 1.50. The molecule has 6 heteroatoms. The minimum atomic E-state index is -3.61. The third kappa shape index (κ3) is 3.94. The molecule has 1 saturated carbocycles. The van der Waals surface area contributed by atoms with Crippen molar-refractivity contribution in [2.75, 3.05) is 19.6 Å². The van der Waals surface area contributed by atoms with Crippen molar-refractivity contribution in [3.63, 3.8) is 0 Å². The van der Waals surface area contributed by atoms with Crippen molar-refractivity contribution in [3.05, 3.63) is 29.8 Å². The summed E-state index contributed by atoms with van der Waals surface area (Å²) in [7, 11) is -3.61. The first-order chi connectivity index (χ1) is 10.9. The molecule has 1 aliphatic carbocycles. The van der Waals surface area contributed by atoms with Gasteiger partial charge in [-0.15, -0.1) is 0 Å². The minimum absolute atomic E-state index is 0.159. The number of benzene rings is 1. The number of fused-ring (bicyclic) bond motifs is 1. The van der Waals surface area contributed by atoms with Crippen LogP contribution in [-0.4, -0.2) is 43.7 Å². The molecule has 3 rings (SSSR count). The zero-order chi connectivity index (χ0) is 16.5. The molecule has 2 aliphatic rings. The molecule has 5 nitrogen and oxygen atoms in total. The van der Waals surface area contributed by atoms with Gasteiger partial charge in [0.25, 0.3) is 0 Å². The zero-order valence-corrected chi connectivity index (χ0v) is 14.3. The molecule has 0 aromatic heterocycles. The molecule has 2 atom stereocenters. The third-order valence-corrected chi connectivity index (χ3v) is 6.41. The highest BCUT2D eigenvalue weighted by Crippen LogP contribution is 2.39. The summed E-state index contributed by atoms with van der Waals surface area (Å²) in [5.74, 6) is 0.412. The van der Waals surface area contributed by atoms with Gasteiger partial charge in [-0.3, -0.25) is 0 Å². The Bertz CT molecular complexity index is 644. The van der Waals surface area contributed by atoms with E-state index in [1.165, 1.54) is 6.42 Å². The molecule has 23 heavy (non-hydrogen) atoms. The summed E-state index contributed by atoms with van der Waals surface area (Å²) in [6, 6.07) is 6.81. The lowest BCUT2D eigenvalue weighted by Crippen LogP contribution is -2.53. The fraction of sp³-hybridized carbons (Fsp3) is 0.647. The van der Waals surface area contributed by atoms with E-state index in [-0.39, 0.29) is 4.90 Å². The van der Waals surface area contributed by atoms with Crippen LogP contribution in [0.2, 0.25) is 0 Å². The normalized spacial score (nSPS) is 29.2. The average Bonchev–Trinajstić information content (AvgIpc) is 2.52. The molecule has 1 aromatic rings. The van der Waals surface area contributed by atoms with Gasteiger partial charge in [0.15, 0.2) is 0 Å². The smallest absolute Gasteiger partial charge is 0.238 e. The number of primary sulfonamides is 1. The number of aliphatic hydroxyl groups is 1. The van der Waals surface area contributed by atoms with Crippen molar-refractivity contribution in [1.29, 1.82) is 0 Å². The van der Waals surface area contributed by atoms with E-state index < -0.39 is 15.6 Å². The van der Waals surface area contributed by atoms with Crippen LogP contribution in [0.5, 0.6) is 0 Å². The summed E-state index contributed by atoms with van der Waals surface area (Å²) < 4.78 is 22.5. The highest BCUT2D eigenvalue weighted by Gasteiger charge is 2.42. The number of nitrogens with zero attached hydrogens (tertiary/aromatic N) is 1. The van der Waals surface area contributed by atoms with E-state index in [0.29, 0.717) is 5.92 Å². The lowest BCUT2D eigenvalue weighted by atomic mass is 9.71. The topological polar surface area (TPSA) is 83.6 Å². The van der Waals surface area contributed by atoms with Gasteiger partial charge in [-0.05, 0) is 43.4 Å². The molecule has 128 valence electrons. The van der Waals surface area contributed by atoms with Gasteiger partial charge < -0.3 is 10.0 Å². The maximum absolute atomic E-state index is 11.3. The lowest BCUT2D eigenvalue weighted by molar-refractivity contribution is -0.0950. The van der Waals surface area contributed by atoms with Gasteiger partial charge in [-0.1, -0.05) is 25.0 Å². The van der Waals surface area contributed by atoms with Gasteiger partial charge in [0.1, 0.15) is 0 Å². The molecule has 0 amide bonds. The summed E-state index contributed by atoms with van der Waals surface area (Å²) in [6.07, 6.45) is 6.24. The van der Waals surface area contributed by atoms with Crippen molar-refractivity contribution >= 4 is 10.0 Å². The Morgan fingerprint density at radius 2 is 1.96 bits per heavy atom.